The van der Waals surface area contributed by atoms with E-state index in [1.54, 1.807) is 13.1 Å². The van der Waals surface area contributed by atoms with Crippen LogP contribution in [0.3, 0.4) is 0 Å². The van der Waals surface area contributed by atoms with Gasteiger partial charge in [0.1, 0.15) is 0 Å². The maximum Gasteiger partial charge on any atom is 0.490 e. The van der Waals surface area contributed by atoms with Gasteiger partial charge in [-0.1, -0.05) is 0 Å². The SMILES string of the molecule is CNC(=O)c1ccc2c(c1)C1(CCN(C(C)C)CC1)C(=O)N2.O=C(O)C(F)(F)F. The highest BCUT2D eigenvalue weighted by atomic mass is 19.4. The first-order valence-corrected chi connectivity index (χ1v) is 9.14. The Kier molecular flexibility index (Phi) is 6.56. The first-order chi connectivity index (χ1) is 13.4. The number of carboxylic acid groups (broad SMARTS) is 1. The number of fused-ring (bicyclic) bond motifs is 2. The monoisotopic (exact) mass is 415 g/mol. The van der Waals surface area contributed by atoms with E-state index >= 15 is 0 Å². The Morgan fingerprint density at radius 1 is 1.24 bits per heavy atom. The fourth-order valence-electron chi connectivity index (χ4n) is 3.62. The van der Waals surface area contributed by atoms with Crippen LogP contribution in [0.1, 0.15) is 42.6 Å². The molecule has 0 saturated carbocycles. The molecule has 0 aromatic heterocycles. The summed E-state index contributed by atoms with van der Waals surface area (Å²) in [6.45, 7) is 6.19. The Morgan fingerprint density at radius 2 is 1.79 bits per heavy atom. The minimum atomic E-state index is -5.08. The smallest absolute Gasteiger partial charge is 0.475 e. The molecule has 29 heavy (non-hydrogen) atoms. The standard InChI is InChI=1S/C17H23N3O2.C2HF3O2/c1-11(2)20-8-6-17(7-9-20)13-10-12(15(21)18-3)4-5-14(13)19-16(17)22;3-2(4,5)1(6)7/h4-5,10-11H,6-9H2,1-3H3,(H,18,21)(H,19,22);(H,6,7). The summed E-state index contributed by atoms with van der Waals surface area (Å²) in [5.74, 6) is -2.79. The van der Waals surface area contributed by atoms with Gasteiger partial charge in [0.25, 0.3) is 5.91 Å². The minimum Gasteiger partial charge on any atom is -0.475 e. The molecule has 1 fully saturated rings. The van der Waals surface area contributed by atoms with Crippen molar-refractivity contribution >= 4 is 23.5 Å². The summed E-state index contributed by atoms with van der Waals surface area (Å²) in [4.78, 5) is 35.8. The van der Waals surface area contributed by atoms with Crippen LogP contribution in [0.15, 0.2) is 18.2 Å². The molecule has 0 atom stereocenters. The van der Waals surface area contributed by atoms with E-state index in [0.717, 1.165) is 37.2 Å². The first-order valence-electron chi connectivity index (χ1n) is 9.14. The number of rotatable bonds is 2. The number of carboxylic acids is 1. The number of likely N-dealkylation sites (tertiary alicyclic amines) is 1. The molecule has 2 amide bonds. The molecule has 3 N–H and O–H groups in total. The van der Waals surface area contributed by atoms with Gasteiger partial charge < -0.3 is 20.6 Å². The van der Waals surface area contributed by atoms with Gasteiger partial charge in [-0.15, -0.1) is 0 Å². The zero-order valence-corrected chi connectivity index (χ0v) is 16.4. The van der Waals surface area contributed by atoms with Crippen molar-refractivity contribution < 1.29 is 32.7 Å². The average Bonchev–Trinajstić information content (AvgIpc) is 2.92. The summed E-state index contributed by atoms with van der Waals surface area (Å²) in [5, 5.41) is 12.8. The first kappa shape index (κ1) is 22.7. The van der Waals surface area contributed by atoms with Crippen molar-refractivity contribution in [3.05, 3.63) is 29.3 Å². The molecule has 1 aromatic carbocycles. The van der Waals surface area contributed by atoms with Gasteiger partial charge in [-0.2, -0.15) is 13.2 Å². The molecular formula is C19H24F3N3O4. The molecule has 0 bridgehead atoms. The second-order valence-corrected chi connectivity index (χ2v) is 7.31. The molecule has 0 aliphatic carbocycles. The van der Waals surface area contributed by atoms with Gasteiger partial charge in [0.2, 0.25) is 5.91 Å². The second-order valence-electron chi connectivity index (χ2n) is 7.31. The maximum atomic E-state index is 12.6. The highest BCUT2D eigenvalue weighted by molar-refractivity contribution is 6.07. The van der Waals surface area contributed by atoms with Crippen molar-refractivity contribution in [3.63, 3.8) is 0 Å². The molecule has 2 heterocycles. The average molecular weight is 415 g/mol. The topological polar surface area (TPSA) is 98.7 Å². The molecule has 7 nitrogen and oxygen atoms in total. The van der Waals surface area contributed by atoms with E-state index < -0.39 is 17.6 Å². The lowest BCUT2D eigenvalue weighted by Gasteiger charge is -2.39. The van der Waals surface area contributed by atoms with Gasteiger partial charge >= 0.3 is 12.1 Å². The number of carbonyl (C=O) groups excluding carboxylic acids is 2. The molecule has 2 aliphatic heterocycles. The Labute approximate surface area is 166 Å². The number of hydrogen-bond donors (Lipinski definition) is 3. The van der Waals surface area contributed by atoms with Crippen LogP contribution in [-0.2, 0) is 15.0 Å². The third kappa shape index (κ3) is 4.69. The molecule has 1 aromatic rings. The van der Waals surface area contributed by atoms with Crippen molar-refractivity contribution in [2.75, 3.05) is 25.5 Å². The zero-order chi connectivity index (χ0) is 22.0. The fraction of sp³-hybridized carbons (Fsp3) is 0.526. The number of nitrogens with one attached hydrogen (secondary N) is 2. The summed E-state index contributed by atoms with van der Waals surface area (Å²) in [6.07, 6.45) is -3.47. The Hall–Kier alpha value is -2.62. The van der Waals surface area contributed by atoms with Crippen LogP contribution in [0.4, 0.5) is 18.9 Å². The predicted molar refractivity (Wildman–Crippen MR) is 99.8 cm³/mol. The fourth-order valence-corrected chi connectivity index (χ4v) is 3.62. The number of amides is 2. The van der Waals surface area contributed by atoms with Crippen LogP contribution in [0.25, 0.3) is 0 Å². The highest BCUT2D eigenvalue weighted by Crippen LogP contribution is 2.45. The zero-order valence-electron chi connectivity index (χ0n) is 16.4. The van der Waals surface area contributed by atoms with Crippen LogP contribution in [0.2, 0.25) is 0 Å². The van der Waals surface area contributed by atoms with Crippen molar-refractivity contribution in [1.29, 1.82) is 0 Å². The van der Waals surface area contributed by atoms with Crippen LogP contribution in [0.5, 0.6) is 0 Å². The third-order valence-electron chi connectivity index (χ3n) is 5.33. The van der Waals surface area contributed by atoms with E-state index in [1.807, 2.05) is 12.1 Å². The Balaban J connectivity index is 0.000000370. The molecule has 3 rings (SSSR count). The summed E-state index contributed by atoms with van der Waals surface area (Å²) >= 11 is 0. The molecule has 1 spiro atoms. The largest absolute Gasteiger partial charge is 0.490 e. The summed E-state index contributed by atoms with van der Waals surface area (Å²) < 4.78 is 31.7. The summed E-state index contributed by atoms with van der Waals surface area (Å²) in [5.41, 5.74) is 1.99. The molecule has 0 radical (unpaired) electrons. The predicted octanol–water partition coefficient (Wildman–Crippen LogP) is 2.37. The van der Waals surface area contributed by atoms with Gasteiger partial charge in [0.05, 0.1) is 5.41 Å². The number of alkyl halides is 3. The number of carbonyl (C=O) groups is 3. The second kappa shape index (κ2) is 8.40. The Bertz CT molecular complexity index is 800. The van der Waals surface area contributed by atoms with Crippen LogP contribution in [-0.4, -0.2) is 60.1 Å². The van der Waals surface area contributed by atoms with E-state index in [-0.39, 0.29) is 11.8 Å². The van der Waals surface area contributed by atoms with Gasteiger partial charge in [0.15, 0.2) is 0 Å². The van der Waals surface area contributed by atoms with E-state index in [4.69, 9.17) is 9.90 Å². The van der Waals surface area contributed by atoms with Gasteiger partial charge in [0, 0.05) is 24.3 Å². The van der Waals surface area contributed by atoms with E-state index in [9.17, 15) is 22.8 Å². The molecule has 1 saturated heterocycles. The van der Waals surface area contributed by atoms with Crippen molar-refractivity contribution in [2.45, 2.75) is 44.3 Å². The van der Waals surface area contributed by atoms with Crippen molar-refractivity contribution in [3.8, 4) is 0 Å². The van der Waals surface area contributed by atoms with Crippen LogP contribution < -0.4 is 10.6 Å². The number of anilines is 1. The van der Waals surface area contributed by atoms with E-state index in [0.29, 0.717) is 11.6 Å². The molecule has 2 aliphatic rings. The number of aliphatic carboxylic acids is 1. The highest BCUT2D eigenvalue weighted by Gasteiger charge is 2.48. The lowest BCUT2D eigenvalue weighted by molar-refractivity contribution is -0.192. The van der Waals surface area contributed by atoms with Crippen molar-refractivity contribution in [1.82, 2.24) is 10.2 Å². The van der Waals surface area contributed by atoms with E-state index in [1.165, 1.54) is 0 Å². The number of nitrogens with zero attached hydrogens (tertiary/aromatic N) is 1. The number of hydrogen-bond acceptors (Lipinski definition) is 4. The number of benzene rings is 1. The molecule has 10 heteroatoms. The lowest BCUT2D eigenvalue weighted by Crippen LogP contribution is -2.48. The van der Waals surface area contributed by atoms with E-state index in [2.05, 4.69) is 29.4 Å². The number of piperidine rings is 1. The number of halogens is 3. The minimum absolute atomic E-state index is 0.0833. The van der Waals surface area contributed by atoms with Crippen LogP contribution >= 0.6 is 0 Å². The summed E-state index contributed by atoms with van der Waals surface area (Å²) in [6, 6.07) is 6.00. The van der Waals surface area contributed by atoms with Crippen LogP contribution in [0, 0.1) is 0 Å². The Morgan fingerprint density at radius 3 is 2.24 bits per heavy atom. The lowest BCUT2D eigenvalue weighted by atomic mass is 9.73. The van der Waals surface area contributed by atoms with Crippen molar-refractivity contribution in [2.24, 2.45) is 0 Å². The maximum absolute atomic E-state index is 12.6. The van der Waals surface area contributed by atoms with Gasteiger partial charge in [-0.05, 0) is 63.5 Å². The normalized spacial score (nSPS) is 18.0. The quantitative estimate of drug-likeness (QED) is 0.689. The van der Waals surface area contributed by atoms with Gasteiger partial charge in [-0.25, -0.2) is 4.79 Å². The molecule has 0 unspecified atom stereocenters. The molecule has 160 valence electrons. The molecular weight excluding hydrogens is 391 g/mol. The van der Waals surface area contributed by atoms with Gasteiger partial charge in [-0.3, -0.25) is 9.59 Å². The third-order valence-corrected chi connectivity index (χ3v) is 5.33. The summed E-state index contributed by atoms with van der Waals surface area (Å²) in [7, 11) is 1.62.